The van der Waals surface area contributed by atoms with Gasteiger partial charge in [0.15, 0.2) is 0 Å². The standard InChI is InChI=1S/C15H21NO2S/c1-12-7-10-19-13(12)5-6-14(18)16-15(11-17)8-3-2-4-9-15/h5-7,10,17H,2-4,8-9,11H2,1H3,(H,16,18). The van der Waals surface area contributed by atoms with Crippen LogP contribution in [0.3, 0.4) is 0 Å². The molecule has 0 radical (unpaired) electrons. The average molecular weight is 279 g/mol. The molecule has 2 rings (SSSR count). The Bertz CT molecular complexity index is 458. The van der Waals surface area contributed by atoms with Gasteiger partial charge in [0.1, 0.15) is 0 Å². The molecule has 1 heterocycles. The molecule has 0 spiro atoms. The molecule has 0 atom stereocenters. The van der Waals surface area contributed by atoms with Crippen molar-refractivity contribution >= 4 is 23.3 Å². The first kappa shape index (κ1) is 14.3. The topological polar surface area (TPSA) is 49.3 Å². The van der Waals surface area contributed by atoms with Crippen molar-refractivity contribution < 1.29 is 9.90 Å². The summed E-state index contributed by atoms with van der Waals surface area (Å²) in [5, 5.41) is 14.6. The van der Waals surface area contributed by atoms with Gasteiger partial charge >= 0.3 is 0 Å². The highest BCUT2D eigenvalue weighted by Crippen LogP contribution is 2.27. The zero-order chi connectivity index (χ0) is 13.7. The summed E-state index contributed by atoms with van der Waals surface area (Å²) in [6.45, 7) is 2.06. The van der Waals surface area contributed by atoms with Gasteiger partial charge in [-0.1, -0.05) is 19.3 Å². The van der Waals surface area contributed by atoms with Crippen molar-refractivity contribution in [2.75, 3.05) is 6.61 Å². The van der Waals surface area contributed by atoms with E-state index in [1.807, 2.05) is 24.4 Å². The second-order valence-electron chi connectivity index (χ2n) is 5.29. The van der Waals surface area contributed by atoms with Crippen molar-refractivity contribution in [2.45, 2.75) is 44.6 Å². The Morgan fingerprint density at radius 1 is 1.47 bits per heavy atom. The van der Waals surface area contributed by atoms with E-state index in [0.29, 0.717) is 0 Å². The highest BCUT2D eigenvalue weighted by atomic mass is 32.1. The van der Waals surface area contributed by atoms with Gasteiger partial charge in [-0.05, 0) is 42.9 Å². The lowest BCUT2D eigenvalue weighted by molar-refractivity contribution is -0.119. The van der Waals surface area contributed by atoms with Gasteiger partial charge in [0.05, 0.1) is 12.1 Å². The molecule has 0 aliphatic heterocycles. The first-order valence-corrected chi connectivity index (χ1v) is 7.68. The number of thiophene rings is 1. The van der Waals surface area contributed by atoms with Crippen molar-refractivity contribution in [1.82, 2.24) is 5.32 Å². The maximum absolute atomic E-state index is 12.0. The van der Waals surface area contributed by atoms with E-state index in [4.69, 9.17) is 0 Å². The van der Waals surface area contributed by atoms with Crippen LogP contribution in [-0.2, 0) is 4.79 Å². The maximum atomic E-state index is 12.0. The van der Waals surface area contributed by atoms with Crippen molar-refractivity contribution in [1.29, 1.82) is 0 Å². The summed E-state index contributed by atoms with van der Waals surface area (Å²) in [7, 11) is 0. The SMILES string of the molecule is Cc1ccsc1C=CC(=O)NC1(CO)CCCCC1. The Kier molecular flexibility index (Phi) is 4.77. The van der Waals surface area contributed by atoms with Crippen molar-refractivity contribution in [3.05, 3.63) is 28.0 Å². The lowest BCUT2D eigenvalue weighted by Gasteiger charge is -2.36. The number of rotatable bonds is 4. The molecule has 0 bridgehead atoms. The Morgan fingerprint density at radius 2 is 2.21 bits per heavy atom. The molecule has 1 aliphatic carbocycles. The molecule has 4 heteroatoms. The van der Waals surface area contributed by atoms with Crippen LogP contribution in [0, 0.1) is 6.92 Å². The smallest absolute Gasteiger partial charge is 0.244 e. The Morgan fingerprint density at radius 3 is 2.79 bits per heavy atom. The summed E-state index contributed by atoms with van der Waals surface area (Å²) in [6.07, 6.45) is 8.53. The molecule has 1 amide bonds. The summed E-state index contributed by atoms with van der Waals surface area (Å²) in [5.74, 6) is -0.108. The second-order valence-corrected chi connectivity index (χ2v) is 6.24. The van der Waals surface area contributed by atoms with E-state index >= 15 is 0 Å². The van der Waals surface area contributed by atoms with Crippen LogP contribution in [0.25, 0.3) is 6.08 Å². The van der Waals surface area contributed by atoms with Crippen LogP contribution in [-0.4, -0.2) is 23.2 Å². The van der Waals surface area contributed by atoms with Crippen LogP contribution >= 0.6 is 11.3 Å². The third kappa shape index (κ3) is 3.67. The molecular formula is C15H21NO2S. The lowest BCUT2D eigenvalue weighted by Crippen LogP contribution is -2.52. The first-order valence-electron chi connectivity index (χ1n) is 6.80. The average Bonchev–Trinajstić information content (AvgIpc) is 2.83. The molecule has 3 nitrogen and oxygen atoms in total. The van der Waals surface area contributed by atoms with Crippen LogP contribution in [0.15, 0.2) is 17.5 Å². The number of amides is 1. The van der Waals surface area contributed by atoms with Gasteiger partial charge < -0.3 is 10.4 Å². The molecule has 19 heavy (non-hydrogen) atoms. The van der Waals surface area contributed by atoms with Crippen molar-refractivity contribution in [3.63, 3.8) is 0 Å². The van der Waals surface area contributed by atoms with E-state index in [2.05, 4.69) is 5.32 Å². The summed E-state index contributed by atoms with van der Waals surface area (Å²) < 4.78 is 0. The number of carbonyl (C=O) groups is 1. The molecule has 1 saturated carbocycles. The van der Waals surface area contributed by atoms with Gasteiger partial charge in [0.25, 0.3) is 0 Å². The fraction of sp³-hybridized carbons (Fsp3) is 0.533. The molecule has 1 aromatic rings. The van der Waals surface area contributed by atoms with Crippen molar-refractivity contribution in [2.24, 2.45) is 0 Å². The highest BCUT2D eigenvalue weighted by molar-refractivity contribution is 7.11. The van der Waals surface area contributed by atoms with Crippen LogP contribution in [0.4, 0.5) is 0 Å². The molecular weight excluding hydrogens is 258 g/mol. The summed E-state index contributed by atoms with van der Waals surface area (Å²) >= 11 is 1.63. The maximum Gasteiger partial charge on any atom is 0.244 e. The van der Waals surface area contributed by atoms with Crippen LogP contribution < -0.4 is 5.32 Å². The molecule has 1 aliphatic rings. The van der Waals surface area contributed by atoms with Gasteiger partial charge in [0, 0.05) is 11.0 Å². The molecule has 1 aromatic heterocycles. The number of hydrogen-bond donors (Lipinski definition) is 2. The minimum absolute atomic E-state index is 0.0324. The summed E-state index contributed by atoms with van der Waals surface area (Å²) in [5.41, 5.74) is 0.785. The normalized spacial score (nSPS) is 18.6. The van der Waals surface area contributed by atoms with Gasteiger partial charge in [-0.2, -0.15) is 0 Å². The van der Waals surface area contributed by atoms with Crippen LogP contribution in [0.1, 0.15) is 42.5 Å². The monoisotopic (exact) mass is 279 g/mol. The van der Waals surface area contributed by atoms with E-state index in [1.165, 1.54) is 12.0 Å². The number of aryl methyl sites for hydroxylation is 1. The fourth-order valence-corrected chi connectivity index (χ4v) is 3.38. The predicted molar refractivity (Wildman–Crippen MR) is 79.1 cm³/mol. The van der Waals surface area contributed by atoms with Gasteiger partial charge in [0.2, 0.25) is 5.91 Å². The minimum atomic E-state index is -0.399. The lowest BCUT2D eigenvalue weighted by atomic mass is 9.82. The number of aliphatic hydroxyl groups excluding tert-OH is 1. The quantitative estimate of drug-likeness (QED) is 0.833. The van der Waals surface area contributed by atoms with Gasteiger partial charge in [-0.25, -0.2) is 0 Å². The van der Waals surface area contributed by atoms with Crippen molar-refractivity contribution in [3.8, 4) is 0 Å². The zero-order valence-corrected chi connectivity index (χ0v) is 12.1. The van der Waals surface area contributed by atoms with E-state index in [9.17, 15) is 9.90 Å². The molecule has 104 valence electrons. The fourth-order valence-electron chi connectivity index (χ4n) is 2.56. The van der Waals surface area contributed by atoms with Crippen LogP contribution in [0.2, 0.25) is 0 Å². The van der Waals surface area contributed by atoms with E-state index in [1.54, 1.807) is 17.4 Å². The van der Waals surface area contributed by atoms with Crippen LogP contribution in [0.5, 0.6) is 0 Å². The molecule has 2 N–H and O–H groups in total. The van der Waals surface area contributed by atoms with E-state index in [-0.39, 0.29) is 12.5 Å². The minimum Gasteiger partial charge on any atom is -0.394 e. The van der Waals surface area contributed by atoms with Gasteiger partial charge in [-0.15, -0.1) is 11.3 Å². The van der Waals surface area contributed by atoms with E-state index < -0.39 is 5.54 Å². The third-order valence-electron chi connectivity index (χ3n) is 3.79. The molecule has 1 fully saturated rings. The molecule has 0 aromatic carbocycles. The summed E-state index contributed by atoms with van der Waals surface area (Å²) in [4.78, 5) is 13.1. The first-order chi connectivity index (χ1) is 9.15. The number of nitrogens with one attached hydrogen (secondary N) is 1. The Balaban J connectivity index is 1.96. The number of aliphatic hydroxyl groups is 1. The summed E-state index contributed by atoms with van der Waals surface area (Å²) in [6, 6.07) is 2.04. The van der Waals surface area contributed by atoms with E-state index in [0.717, 1.165) is 30.6 Å². The highest BCUT2D eigenvalue weighted by Gasteiger charge is 2.32. The van der Waals surface area contributed by atoms with Gasteiger partial charge in [-0.3, -0.25) is 4.79 Å². The Hall–Kier alpha value is -1.13. The molecule has 0 unspecified atom stereocenters. The largest absolute Gasteiger partial charge is 0.394 e. The number of hydrogen-bond acceptors (Lipinski definition) is 3. The number of carbonyl (C=O) groups excluding carboxylic acids is 1. The zero-order valence-electron chi connectivity index (χ0n) is 11.3. The third-order valence-corrected chi connectivity index (χ3v) is 4.77. The Labute approximate surface area is 118 Å². The predicted octanol–water partition coefficient (Wildman–Crippen LogP) is 2.88. The second kappa shape index (κ2) is 6.35. The molecule has 0 saturated heterocycles.